The fourth-order valence-corrected chi connectivity index (χ4v) is 2.64. The van der Waals surface area contributed by atoms with E-state index in [1.54, 1.807) is 22.0 Å². The van der Waals surface area contributed by atoms with Crippen LogP contribution in [-0.4, -0.2) is 51.9 Å². The summed E-state index contributed by atoms with van der Waals surface area (Å²) >= 11 is 0. The standard InChI is InChI=1S/C13H19N7O/c1-18(2)12-16-10(6-11(21)17-12)9-4-5-20(7-9)13-14-8-15-19(13)3/h6,8-9H,4-5,7H2,1-3H3,(H,16,17,21). The fourth-order valence-electron chi connectivity index (χ4n) is 2.64. The van der Waals surface area contributed by atoms with Crippen molar-refractivity contribution in [2.75, 3.05) is 37.0 Å². The van der Waals surface area contributed by atoms with Crippen molar-refractivity contribution in [3.05, 3.63) is 28.4 Å². The maximum Gasteiger partial charge on any atom is 0.252 e. The second-order valence-corrected chi connectivity index (χ2v) is 5.50. The first-order valence-electron chi connectivity index (χ1n) is 6.92. The number of nitrogens with one attached hydrogen (secondary N) is 1. The minimum absolute atomic E-state index is 0.110. The van der Waals surface area contributed by atoms with Crippen molar-refractivity contribution in [3.63, 3.8) is 0 Å². The molecule has 2 aromatic heterocycles. The van der Waals surface area contributed by atoms with Crippen molar-refractivity contribution in [1.29, 1.82) is 0 Å². The molecule has 0 bridgehead atoms. The molecule has 1 atom stereocenters. The smallest absolute Gasteiger partial charge is 0.252 e. The van der Waals surface area contributed by atoms with Crippen LogP contribution in [0.2, 0.25) is 0 Å². The van der Waals surface area contributed by atoms with Crippen molar-refractivity contribution >= 4 is 11.9 Å². The second-order valence-electron chi connectivity index (χ2n) is 5.50. The molecule has 0 aliphatic carbocycles. The molecule has 0 radical (unpaired) electrons. The molecule has 0 spiro atoms. The van der Waals surface area contributed by atoms with Crippen LogP contribution >= 0.6 is 0 Å². The minimum atomic E-state index is -0.110. The summed E-state index contributed by atoms with van der Waals surface area (Å²) in [5.41, 5.74) is 0.730. The Morgan fingerprint density at radius 3 is 2.90 bits per heavy atom. The van der Waals surface area contributed by atoms with Crippen molar-refractivity contribution in [1.82, 2.24) is 24.7 Å². The summed E-state index contributed by atoms with van der Waals surface area (Å²) in [5, 5.41) is 4.10. The number of nitrogens with zero attached hydrogens (tertiary/aromatic N) is 6. The molecule has 1 aliphatic rings. The maximum absolute atomic E-state index is 11.8. The lowest BCUT2D eigenvalue weighted by atomic mass is 10.1. The highest BCUT2D eigenvalue weighted by Gasteiger charge is 2.28. The van der Waals surface area contributed by atoms with Crippen LogP contribution in [0, 0.1) is 0 Å². The van der Waals surface area contributed by atoms with Gasteiger partial charge in [0.05, 0.1) is 5.69 Å². The first-order chi connectivity index (χ1) is 10.0. The van der Waals surface area contributed by atoms with Gasteiger partial charge in [-0.25, -0.2) is 9.67 Å². The summed E-state index contributed by atoms with van der Waals surface area (Å²) in [4.78, 5) is 27.3. The first kappa shape index (κ1) is 13.6. The molecular formula is C13H19N7O. The fraction of sp³-hybridized carbons (Fsp3) is 0.538. The number of rotatable bonds is 3. The van der Waals surface area contributed by atoms with Gasteiger partial charge in [-0.1, -0.05) is 0 Å². The van der Waals surface area contributed by atoms with Gasteiger partial charge in [-0.15, -0.1) is 0 Å². The molecule has 1 saturated heterocycles. The van der Waals surface area contributed by atoms with Gasteiger partial charge in [-0.2, -0.15) is 10.1 Å². The molecule has 2 aromatic rings. The van der Waals surface area contributed by atoms with E-state index in [1.165, 1.54) is 0 Å². The van der Waals surface area contributed by atoms with Crippen molar-refractivity contribution < 1.29 is 0 Å². The third-order valence-corrected chi connectivity index (χ3v) is 3.75. The number of hydrogen-bond donors (Lipinski definition) is 1. The van der Waals surface area contributed by atoms with E-state index in [0.717, 1.165) is 31.2 Å². The van der Waals surface area contributed by atoms with E-state index in [0.29, 0.717) is 5.95 Å². The number of anilines is 2. The molecular weight excluding hydrogens is 270 g/mol. The maximum atomic E-state index is 11.8. The second kappa shape index (κ2) is 5.19. The van der Waals surface area contributed by atoms with E-state index in [4.69, 9.17) is 0 Å². The number of aromatic amines is 1. The van der Waals surface area contributed by atoms with Gasteiger partial charge < -0.3 is 9.80 Å². The molecule has 0 saturated carbocycles. The number of H-pyrrole nitrogens is 1. The van der Waals surface area contributed by atoms with Crippen LogP contribution < -0.4 is 15.4 Å². The predicted octanol–water partition coefficient (Wildman–Crippen LogP) is -0.0417. The molecule has 1 fully saturated rings. The van der Waals surface area contributed by atoms with Crippen LogP contribution in [0.3, 0.4) is 0 Å². The van der Waals surface area contributed by atoms with E-state index in [1.807, 2.05) is 21.1 Å². The molecule has 8 heteroatoms. The highest BCUT2D eigenvalue weighted by atomic mass is 16.1. The van der Waals surface area contributed by atoms with Crippen LogP contribution in [0.4, 0.5) is 11.9 Å². The Morgan fingerprint density at radius 1 is 1.43 bits per heavy atom. The zero-order chi connectivity index (χ0) is 15.0. The van der Waals surface area contributed by atoms with Gasteiger partial charge in [0, 0.05) is 46.2 Å². The SMILES string of the molecule is CN(C)c1nc(C2CCN(c3ncnn3C)C2)cc(=O)[nH]1. The molecule has 21 heavy (non-hydrogen) atoms. The molecule has 0 aromatic carbocycles. The summed E-state index contributed by atoms with van der Waals surface area (Å²) in [6.07, 6.45) is 2.51. The topological polar surface area (TPSA) is 82.9 Å². The molecule has 112 valence electrons. The largest absolute Gasteiger partial charge is 0.348 e. The molecule has 1 N–H and O–H groups in total. The Hall–Kier alpha value is -2.38. The third kappa shape index (κ3) is 2.61. The van der Waals surface area contributed by atoms with E-state index >= 15 is 0 Å². The highest BCUT2D eigenvalue weighted by Crippen LogP contribution is 2.28. The lowest BCUT2D eigenvalue weighted by molar-refractivity contribution is 0.715. The van der Waals surface area contributed by atoms with Crippen molar-refractivity contribution in [2.24, 2.45) is 7.05 Å². The summed E-state index contributed by atoms with van der Waals surface area (Å²) < 4.78 is 1.76. The monoisotopic (exact) mass is 289 g/mol. The molecule has 3 heterocycles. The minimum Gasteiger partial charge on any atom is -0.348 e. The van der Waals surface area contributed by atoms with Gasteiger partial charge in [0.2, 0.25) is 11.9 Å². The lowest BCUT2D eigenvalue weighted by Crippen LogP contribution is -2.24. The Bertz CT molecular complexity index is 690. The average Bonchev–Trinajstić information content (AvgIpc) is 3.06. The lowest BCUT2D eigenvalue weighted by Gasteiger charge is -2.17. The Kier molecular flexibility index (Phi) is 3.36. The van der Waals surface area contributed by atoms with Crippen LogP contribution in [0.5, 0.6) is 0 Å². The van der Waals surface area contributed by atoms with E-state index < -0.39 is 0 Å². The van der Waals surface area contributed by atoms with Crippen molar-refractivity contribution in [3.8, 4) is 0 Å². The van der Waals surface area contributed by atoms with Gasteiger partial charge in [0.1, 0.15) is 6.33 Å². The van der Waals surface area contributed by atoms with Gasteiger partial charge in [-0.05, 0) is 6.42 Å². The molecule has 0 amide bonds. The molecule has 3 rings (SSSR count). The number of aromatic nitrogens is 5. The number of aryl methyl sites for hydroxylation is 1. The third-order valence-electron chi connectivity index (χ3n) is 3.75. The van der Waals surface area contributed by atoms with Crippen LogP contribution in [-0.2, 0) is 7.05 Å². The summed E-state index contributed by atoms with van der Waals surface area (Å²) in [7, 11) is 5.61. The van der Waals surface area contributed by atoms with Gasteiger partial charge in [-0.3, -0.25) is 9.78 Å². The molecule has 8 nitrogen and oxygen atoms in total. The first-order valence-corrected chi connectivity index (χ1v) is 6.92. The van der Waals surface area contributed by atoms with Crippen LogP contribution in [0.25, 0.3) is 0 Å². The predicted molar refractivity (Wildman–Crippen MR) is 79.8 cm³/mol. The Morgan fingerprint density at radius 2 is 2.24 bits per heavy atom. The average molecular weight is 289 g/mol. The van der Waals surface area contributed by atoms with Crippen molar-refractivity contribution in [2.45, 2.75) is 12.3 Å². The Labute approximate surface area is 122 Å². The summed E-state index contributed by atoms with van der Waals surface area (Å²) in [6.45, 7) is 1.69. The highest BCUT2D eigenvalue weighted by molar-refractivity contribution is 5.35. The quantitative estimate of drug-likeness (QED) is 0.853. The number of hydrogen-bond acceptors (Lipinski definition) is 6. The van der Waals surface area contributed by atoms with E-state index in [2.05, 4.69) is 25.0 Å². The summed E-state index contributed by atoms with van der Waals surface area (Å²) in [5.74, 6) is 1.69. The van der Waals surface area contributed by atoms with E-state index in [9.17, 15) is 4.79 Å². The zero-order valence-corrected chi connectivity index (χ0v) is 12.4. The Balaban J connectivity index is 1.83. The van der Waals surface area contributed by atoms with Crippen LogP contribution in [0.15, 0.2) is 17.2 Å². The van der Waals surface area contributed by atoms with E-state index in [-0.39, 0.29) is 11.5 Å². The molecule has 1 aliphatic heterocycles. The van der Waals surface area contributed by atoms with Gasteiger partial charge in [0.15, 0.2) is 0 Å². The van der Waals surface area contributed by atoms with Gasteiger partial charge in [0.25, 0.3) is 5.56 Å². The zero-order valence-electron chi connectivity index (χ0n) is 12.4. The summed E-state index contributed by atoms with van der Waals surface area (Å²) in [6, 6.07) is 1.60. The van der Waals surface area contributed by atoms with Crippen LogP contribution in [0.1, 0.15) is 18.0 Å². The van der Waals surface area contributed by atoms with Gasteiger partial charge >= 0.3 is 0 Å². The molecule has 1 unspecified atom stereocenters. The normalized spacial score (nSPS) is 18.2.